The number of fused-ring (bicyclic) bond motifs is 1. The third kappa shape index (κ3) is 1.40. The Kier molecular flexibility index (Phi) is 2.25. The number of hydrogen-bond acceptors (Lipinski definition) is 3. The van der Waals surface area contributed by atoms with Crippen LogP contribution >= 0.6 is 11.6 Å². The van der Waals surface area contributed by atoms with Gasteiger partial charge in [-0.25, -0.2) is 4.98 Å². The molecule has 0 radical (unpaired) electrons. The van der Waals surface area contributed by atoms with Gasteiger partial charge in [-0.05, 0) is 19.1 Å². The minimum Gasteiger partial charge on any atom is -0.481 e. The smallest absolute Gasteiger partial charge is 0.216 e. The van der Waals surface area contributed by atoms with Gasteiger partial charge in [-0.15, -0.1) is 0 Å². The Balaban J connectivity index is 2.80. The Bertz CT molecular complexity index is 485. The van der Waals surface area contributed by atoms with Crippen LogP contribution in [0.5, 0.6) is 5.88 Å². The molecule has 0 spiro atoms. The maximum Gasteiger partial charge on any atom is 0.216 e. The molecule has 0 fully saturated rings. The van der Waals surface area contributed by atoms with Gasteiger partial charge in [-0.1, -0.05) is 11.6 Å². The Morgan fingerprint density at radius 2 is 2.21 bits per heavy atom. The SMILES string of the molecule is COc1nc2c(Cl)ccnc2cc1C. The van der Waals surface area contributed by atoms with Crippen molar-refractivity contribution in [3.05, 3.63) is 28.9 Å². The lowest BCUT2D eigenvalue weighted by atomic mass is 10.2. The Morgan fingerprint density at radius 3 is 2.93 bits per heavy atom. The molecular formula is C10H9ClN2O. The molecule has 3 nitrogen and oxygen atoms in total. The largest absolute Gasteiger partial charge is 0.481 e. The standard InChI is InChI=1S/C10H9ClN2O/c1-6-5-8-9(13-10(6)14-2)7(11)3-4-12-8/h3-5H,1-2H3. The van der Waals surface area contributed by atoms with Gasteiger partial charge in [0.05, 0.1) is 17.6 Å². The Morgan fingerprint density at radius 1 is 1.43 bits per heavy atom. The summed E-state index contributed by atoms with van der Waals surface area (Å²) in [5.74, 6) is 0.590. The second-order valence-electron chi connectivity index (χ2n) is 2.98. The summed E-state index contributed by atoms with van der Waals surface area (Å²) in [7, 11) is 1.59. The number of aryl methyl sites for hydroxylation is 1. The highest BCUT2D eigenvalue weighted by atomic mass is 35.5. The first-order chi connectivity index (χ1) is 6.72. The van der Waals surface area contributed by atoms with Gasteiger partial charge in [0.1, 0.15) is 5.52 Å². The molecule has 0 unspecified atom stereocenters. The molecule has 0 aromatic carbocycles. The Hall–Kier alpha value is -1.35. The molecule has 0 aliphatic heterocycles. The van der Waals surface area contributed by atoms with Gasteiger partial charge >= 0.3 is 0 Å². The number of aromatic nitrogens is 2. The van der Waals surface area contributed by atoms with Gasteiger partial charge in [-0.2, -0.15) is 0 Å². The van der Waals surface area contributed by atoms with Crippen LogP contribution in [0.25, 0.3) is 11.0 Å². The van der Waals surface area contributed by atoms with Crippen molar-refractivity contribution in [1.82, 2.24) is 9.97 Å². The highest BCUT2D eigenvalue weighted by molar-refractivity contribution is 6.34. The Labute approximate surface area is 86.7 Å². The third-order valence-corrected chi connectivity index (χ3v) is 2.31. The number of halogens is 1. The molecule has 0 amide bonds. The van der Waals surface area contributed by atoms with Crippen molar-refractivity contribution >= 4 is 22.6 Å². The van der Waals surface area contributed by atoms with Crippen LogP contribution < -0.4 is 4.74 Å². The first-order valence-corrected chi connectivity index (χ1v) is 4.56. The van der Waals surface area contributed by atoms with Crippen molar-refractivity contribution < 1.29 is 4.74 Å². The van der Waals surface area contributed by atoms with Crippen LogP contribution in [0.15, 0.2) is 18.3 Å². The summed E-state index contributed by atoms with van der Waals surface area (Å²) in [5, 5.41) is 0.591. The van der Waals surface area contributed by atoms with Gasteiger partial charge in [0.25, 0.3) is 0 Å². The molecule has 0 N–H and O–H groups in total. The van der Waals surface area contributed by atoms with Crippen LogP contribution in [0.3, 0.4) is 0 Å². The van der Waals surface area contributed by atoms with E-state index in [0.29, 0.717) is 16.4 Å². The van der Waals surface area contributed by atoms with Crippen LogP contribution in [-0.2, 0) is 0 Å². The summed E-state index contributed by atoms with van der Waals surface area (Å²) < 4.78 is 5.11. The van der Waals surface area contributed by atoms with Crippen LogP contribution in [-0.4, -0.2) is 17.1 Å². The van der Waals surface area contributed by atoms with E-state index in [1.165, 1.54) is 0 Å². The zero-order chi connectivity index (χ0) is 10.1. The lowest BCUT2D eigenvalue weighted by Gasteiger charge is -2.05. The second-order valence-corrected chi connectivity index (χ2v) is 3.38. The minimum absolute atomic E-state index is 0.590. The lowest BCUT2D eigenvalue weighted by molar-refractivity contribution is 0.396. The van der Waals surface area contributed by atoms with E-state index >= 15 is 0 Å². The second kappa shape index (κ2) is 3.42. The van der Waals surface area contributed by atoms with E-state index in [-0.39, 0.29) is 0 Å². The van der Waals surface area contributed by atoms with E-state index < -0.39 is 0 Å². The highest BCUT2D eigenvalue weighted by Gasteiger charge is 2.06. The number of nitrogens with zero attached hydrogens (tertiary/aromatic N) is 2. The monoisotopic (exact) mass is 208 g/mol. The average molecular weight is 209 g/mol. The van der Waals surface area contributed by atoms with Crippen molar-refractivity contribution in [1.29, 1.82) is 0 Å². The number of methoxy groups -OCH3 is 1. The molecule has 2 heterocycles. The summed E-state index contributed by atoms with van der Waals surface area (Å²) in [6.45, 7) is 1.92. The quantitative estimate of drug-likeness (QED) is 0.723. The fourth-order valence-corrected chi connectivity index (χ4v) is 1.52. The van der Waals surface area contributed by atoms with Crippen molar-refractivity contribution in [3.8, 4) is 5.88 Å². The summed E-state index contributed by atoms with van der Waals surface area (Å²) in [6, 6.07) is 3.62. The number of hydrogen-bond donors (Lipinski definition) is 0. The molecule has 14 heavy (non-hydrogen) atoms. The molecule has 0 bridgehead atoms. The molecule has 0 saturated heterocycles. The highest BCUT2D eigenvalue weighted by Crippen LogP contribution is 2.24. The van der Waals surface area contributed by atoms with Crippen molar-refractivity contribution in [2.45, 2.75) is 6.92 Å². The van der Waals surface area contributed by atoms with Gasteiger partial charge in [0, 0.05) is 11.8 Å². The predicted molar refractivity (Wildman–Crippen MR) is 55.8 cm³/mol. The maximum absolute atomic E-state index is 5.98. The molecule has 0 atom stereocenters. The van der Waals surface area contributed by atoms with E-state index in [1.807, 2.05) is 13.0 Å². The van der Waals surface area contributed by atoms with Crippen LogP contribution in [0.2, 0.25) is 5.02 Å². The van der Waals surface area contributed by atoms with Crippen LogP contribution in [0, 0.1) is 6.92 Å². The van der Waals surface area contributed by atoms with Gasteiger partial charge in [-0.3, -0.25) is 4.98 Å². The van der Waals surface area contributed by atoms with Crippen molar-refractivity contribution in [3.63, 3.8) is 0 Å². The summed E-state index contributed by atoms with van der Waals surface area (Å²) in [6.07, 6.45) is 1.66. The van der Waals surface area contributed by atoms with Crippen molar-refractivity contribution in [2.75, 3.05) is 7.11 Å². The molecule has 0 saturated carbocycles. The molecule has 0 aliphatic rings. The normalized spacial score (nSPS) is 10.5. The molecule has 0 aliphatic carbocycles. The lowest BCUT2D eigenvalue weighted by Crippen LogP contribution is -1.93. The van der Waals surface area contributed by atoms with Gasteiger partial charge in [0.15, 0.2) is 0 Å². The van der Waals surface area contributed by atoms with E-state index in [2.05, 4.69) is 9.97 Å². The molecular weight excluding hydrogens is 200 g/mol. The average Bonchev–Trinajstić information content (AvgIpc) is 2.17. The topological polar surface area (TPSA) is 35.0 Å². The van der Waals surface area contributed by atoms with Gasteiger partial charge < -0.3 is 4.74 Å². The van der Waals surface area contributed by atoms with E-state index in [9.17, 15) is 0 Å². The van der Waals surface area contributed by atoms with E-state index in [4.69, 9.17) is 16.3 Å². The summed E-state index contributed by atoms with van der Waals surface area (Å²) >= 11 is 5.98. The number of pyridine rings is 2. The fraction of sp³-hybridized carbons (Fsp3) is 0.200. The van der Waals surface area contributed by atoms with Crippen LogP contribution in [0.1, 0.15) is 5.56 Å². The van der Waals surface area contributed by atoms with E-state index in [0.717, 1.165) is 11.1 Å². The predicted octanol–water partition coefficient (Wildman–Crippen LogP) is 2.60. The number of ether oxygens (including phenoxy) is 1. The minimum atomic E-state index is 0.590. The molecule has 2 rings (SSSR count). The molecule has 4 heteroatoms. The molecule has 72 valence electrons. The zero-order valence-electron chi connectivity index (χ0n) is 7.91. The van der Waals surface area contributed by atoms with Crippen molar-refractivity contribution in [2.24, 2.45) is 0 Å². The van der Waals surface area contributed by atoms with Gasteiger partial charge in [0.2, 0.25) is 5.88 Å². The first-order valence-electron chi connectivity index (χ1n) is 4.18. The maximum atomic E-state index is 5.98. The zero-order valence-corrected chi connectivity index (χ0v) is 8.67. The fourth-order valence-electron chi connectivity index (χ4n) is 1.32. The van der Waals surface area contributed by atoms with Crippen LogP contribution in [0.4, 0.5) is 0 Å². The molecule has 2 aromatic rings. The summed E-state index contributed by atoms with van der Waals surface area (Å²) in [5.41, 5.74) is 2.42. The molecule has 2 aromatic heterocycles. The number of rotatable bonds is 1. The summed E-state index contributed by atoms with van der Waals surface area (Å²) in [4.78, 5) is 8.45. The van der Waals surface area contributed by atoms with E-state index in [1.54, 1.807) is 19.4 Å². The third-order valence-electron chi connectivity index (χ3n) is 2.00. The first kappa shape index (κ1) is 9.21.